The normalized spacial score (nSPS) is 35.5. The number of pyridine rings is 1. The second-order valence-corrected chi connectivity index (χ2v) is 10.5. The molecule has 2 saturated heterocycles. The molecule has 7 rings (SSSR count). The van der Waals surface area contributed by atoms with Crippen LogP contribution in [0.3, 0.4) is 0 Å². The monoisotopic (exact) mass is 425 g/mol. The van der Waals surface area contributed by atoms with Crippen LogP contribution in [0.15, 0.2) is 24.5 Å². The van der Waals surface area contributed by atoms with Crippen LogP contribution in [0.1, 0.15) is 38.5 Å². The van der Waals surface area contributed by atoms with Crippen molar-refractivity contribution in [3.05, 3.63) is 24.5 Å². The van der Waals surface area contributed by atoms with Gasteiger partial charge in [-0.15, -0.1) is 0 Å². The Morgan fingerprint density at radius 2 is 1.48 bits per heavy atom. The van der Waals surface area contributed by atoms with E-state index in [1.807, 2.05) is 12.4 Å². The summed E-state index contributed by atoms with van der Waals surface area (Å²) in [5.74, 6) is 0.653. The van der Waals surface area contributed by atoms with E-state index in [0.717, 1.165) is 45.4 Å². The van der Waals surface area contributed by atoms with Gasteiger partial charge in [-0.2, -0.15) is 0 Å². The summed E-state index contributed by atoms with van der Waals surface area (Å²) in [7, 11) is 0. The molecule has 1 aromatic rings. The van der Waals surface area contributed by atoms with Gasteiger partial charge in [0.25, 0.3) is 0 Å². The molecule has 3 heterocycles. The summed E-state index contributed by atoms with van der Waals surface area (Å²) in [5, 5.41) is 0. The minimum Gasteiger partial charge on any atom is -0.360 e. The van der Waals surface area contributed by atoms with Crippen molar-refractivity contribution in [2.75, 3.05) is 37.7 Å². The number of aromatic amines is 1. The van der Waals surface area contributed by atoms with E-state index in [1.165, 1.54) is 39.6 Å². The number of amides is 4. The Balaban J connectivity index is 1.15. The quantitative estimate of drug-likeness (QED) is 0.541. The van der Waals surface area contributed by atoms with Crippen LogP contribution in [0.2, 0.25) is 0 Å². The number of carbonyl (C=O) groups excluding carboxylic acids is 3. The number of imide groups is 2. The zero-order valence-electron chi connectivity index (χ0n) is 17.9. The van der Waals surface area contributed by atoms with Gasteiger partial charge >= 0.3 is 17.8 Å². The highest BCUT2D eigenvalue weighted by atomic mass is 16.2. The van der Waals surface area contributed by atoms with Crippen LogP contribution in [-0.4, -0.2) is 66.0 Å². The number of nitrogens with one attached hydrogen (secondary N) is 2. The lowest BCUT2D eigenvalue weighted by atomic mass is 9.52. The van der Waals surface area contributed by atoms with Crippen molar-refractivity contribution in [2.24, 2.45) is 17.8 Å². The van der Waals surface area contributed by atoms with Crippen LogP contribution >= 0.6 is 0 Å². The molecule has 2 aliphatic heterocycles. The second-order valence-electron chi connectivity index (χ2n) is 10.5. The lowest BCUT2D eigenvalue weighted by Gasteiger charge is -2.58. The minimum absolute atomic E-state index is 0.294. The number of nitrogens with zero attached hydrogens (tertiary/aromatic N) is 3. The number of quaternary nitrogens is 1. The maximum atomic E-state index is 13.4. The van der Waals surface area contributed by atoms with Crippen LogP contribution in [0.4, 0.5) is 10.5 Å². The van der Waals surface area contributed by atoms with E-state index in [-0.39, 0.29) is 6.03 Å². The Labute approximate surface area is 182 Å². The van der Waals surface area contributed by atoms with Crippen molar-refractivity contribution in [1.29, 1.82) is 0 Å². The highest BCUT2D eigenvalue weighted by molar-refractivity contribution is 6.44. The number of hydrogen-bond donors (Lipinski definition) is 1. The second kappa shape index (κ2) is 7.02. The predicted molar refractivity (Wildman–Crippen MR) is 111 cm³/mol. The molecule has 0 atom stereocenters. The topological polar surface area (TPSA) is 79.5 Å². The maximum Gasteiger partial charge on any atom is 0.339 e. The SMILES string of the molecule is O=C1C(=O)N(C23CC4CC(CC(C4)C2)C3)C(=O)N1C[NH+]1CCN(c2cc[nH+]cc2)CC1. The average Bonchev–Trinajstić information content (AvgIpc) is 2.97. The maximum absolute atomic E-state index is 13.4. The molecule has 164 valence electrons. The zero-order valence-corrected chi connectivity index (χ0v) is 17.9. The molecule has 6 fully saturated rings. The molecule has 4 bridgehead atoms. The number of anilines is 1. The van der Waals surface area contributed by atoms with Gasteiger partial charge in [-0.25, -0.2) is 19.6 Å². The van der Waals surface area contributed by atoms with E-state index in [9.17, 15) is 14.4 Å². The number of piperazine rings is 1. The third kappa shape index (κ3) is 3.06. The summed E-state index contributed by atoms with van der Waals surface area (Å²) < 4.78 is 0. The van der Waals surface area contributed by atoms with Crippen LogP contribution in [-0.2, 0) is 9.59 Å². The molecule has 31 heavy (non-hydrogen) atoms. The Hall–Kier alpha value is -2.48. The fourth-order valence-corrected chi connectivity index (χ4v) is 7.45. The molecule has 1 aromatic heterocycles. The third-order valence-corrected chi connectivity index (χ3v) is 8.45. The van der Waals surface area contributed by atoms with Gasteiger partial charge in [0.1, 0.15) is 0 Å². The fourth-order valence-electron chi connectivity index (χ4n) is 7.45. The van der Waals surface area contributed by atoms with Crippen molar-refractivity contribution < 1.29 is 24.3 Å². The fraction of sp³-hybridized carbons (Fsp3) is 0.652. The Bertz CT molecular complexity index is 876. The van der Waals surface area contributed by atoms with Crippen LogP contribution < -0.4 is 14.8 Å². The zero-order chi connectivity index (χ0) is 21.2. The molecular formula is C23H31N5O3+2. The number of H-pyrrole nitrogens is 1. The van der Waals surface area contributed by atoms with Gasteiger partial charge in [0, 0.05) is 17.8 Å². The average molecular weight is 426 g/mol. The Morgan fingerprint density at radius 1 is 0.903 bits per heavy atom. The van der Waals surface area contributed by atoms with E-state index < -0.39 is 17.4 Å². The molecule has 0 radical (unpaired) electrons. The van der Waals surface area contributed by atoms with E-state index in [0.29, 0.717) is 24.4 Å². The van der Waals surface area contributed by atoms with Gasteiger partial charge in [0.2, 0.25) is 0 Å². The molecule has 0 aromatic carbocycles. The Kier molecular flexibility index (Phi) is 4.35. The molecule has 0 spiro atoms. The van der Waals surface area contributed by atoms with Crippen molar-refractivity contribution in [3.8, 4) is 0 Å². The molecule has 0 unspecified atom stereocenters. The standard InChI is InChI=1S/C23H29N5O3/c29-20-21(30)28(23-12-16-9-17(13-23)11-18(10-16)14-23)22(31)27(20)15-25-5-7-26(8-6-25)19-1-3-24-4-2-19/h1-4,16-18H,5-15H2/p+2. The molecule has 4 amide bonds. The predicted octanol–water partition coefficient (Wildman–Crippen LogP) is -0.0773. The van der Waals surface area contributed by atoms with Gasteiger partial charge < -0.3 is 9.80 Å². The van der Waals surface area contributed by atoms with Crippen molar-refractivity contribution in [1.82, 2.24) is 9.80 Å². The van der Waals surface area contributed by atoms with Gasteiger partial charge in [-0.05, 0) is 56.3 Å². The largest absolute Gasteiger partial charge is 0.360 e. The summed E-state index contributed by atoms with van der Waals surface area (Å²) in [6.07, 6.45) is 10.2. The van der Waals surface area contributed by atoms with Gasteiger partial charge in [0.05, 0.1) is 31.7 Å². The molecule has 6 aliphatic rings. The van der Waals surface area contributed by atoms with Crippen LogP contribution in [0.5, 0.6) is 0 Å². The first-order valence-corrected chi connectivity index (χ1v) is 11.8. The molecule has 4 saturated carbocycles. The first kappa shape index (κ1) is 19.2. The molecule has 2 N–H and O–H groups in total. The number of urea groups is 1. The van der Waals surface area contributed by atoms with Gasteiger partial charge in [0.15, 0.2) is 19.1 Å². The molecule has 8 heteroatoms. The van der Waals surface area contributed by atoms with E-state index in [4.69, 9.17) is 0 Å². The molecular weight excluding hydrogens is 394 g/mol. The summed E-state index contributed by atoms with van der Waals surface area (Å²) >= 11 is 0. The highest BCUT2D eigenvalue weighted by Crippen LogP contribution is 2.58. The van der Waals surface area contributed by atoms with Gasteiger partial charge in [-0.3, -0.25) is 9.59 Å². The minimum atomic E-state index is -0.616. The Morgan fingerprint density at radius 3 is 2.06 bits per heavy atom. The van der Waals surface area contributed by atoms with Crippen molar-refractivity contribution >= 4 is 23.5 Å². The van der Waals surface area contributed by atoms with Crippen molar-refractivity contribution in [2.45, 2.75) is 44.1 Å². The van der Waals surface area contributed by atoms with Crippen LogP contribution in [0, 0.1) is 17.8 Å². The third-order valence-electron chi connectivity index (χ3n) is 8.45. The summed E-state index contributed by atoms with van der Waals surface area (Å²) in [5.41, 5.74) is 0.778. The van der Waals surface area contributed by atoms with Crippen LogP contribution in [0.25, 0.3) is 0 Å². The van der Waals surface area contributed by atoms with Crippen molar-refractivity contribution in [3.63, 3.8) is 0 Å². The number of hydrogen-bond acceptors (Lipinski definition) is 4. The summed E-state index contributed by atoms with van der Waals surface area (Å²) in [6, 6.07) is 3.76. The smallest absolute Gasteiger partial charge is 0.339 e. The lowest BCUT2D eigenvalue weighted by Crippen LogP contribution is -3.16. The molecule has 8 nitrogen and oxygen atoms in total. The van der Waals surface area contributed by atoms with Gasteiger partial charge in [-0.1, -0.05) is 0 Å². The first-order valence-electron chi connectivity index (χ1n) is 11.8. The van der Waals surface area contributed by atoms with E-state index >= 15 is 0 Å². The van der Waals surface area contributed by atoms with E-state index in [1.54, 1.807) is 0 Å². The van der Waals surface area contributed by atoms with E-state index in [2.05, 4.69) is 22.0 Å². The lowest BCUT2D eigenvalue weighted by molar-refractivity contribution is -0.907. The molecule has 4 aliphatic carbocycles. The summed E-state index contributed by atoms with van der Waals surface area (Å²) in [4.78, 5) is 48.5. The number of aromatic nitrogens is 1. The number of rotatable bonds is 4. The first-order chi connectivity index (χ1) is 15.0. The number of carbonyl (C=O) groups is 3. The highest BCUT2D eigenvalue weighted by Gasteiger charge is 2.61. The summed E-state index contributed by atoms with van der Waals surface area (Å²) in [6.45, 7) is 3.69.